The first-order chi connectivity index (χ1) is 7.29. The average Bonchev–Trinajstić information content (AvgIpc) is 2.29. The fraction of sp³-hybridized carbons (Fsp3) is 0.250. The Kier molecular flexibility index (Phi) is 2.72. The number of carbonyl (C=O) groups excluding carboxylic acids is 1. The molecule has 1 aromatic carbocycles. The van der Waals surface area contributed by atoms with Crippen molar-refractivity contribution in [2.24, 2.45) is 0 Å². The molecule has 15 heavy (non-hydrogen) atoms. The van der Waals surface area contributed by atoms with Gasteiger partial charge in [0.25, 0.3) is 0 Å². The molecule has 0 aromatic heterocycles. The zero-order valence-corrected chi connectivity index (χ0v) is 8.53. The molecule has 2 rings (SSSR count). The van der Waals surface area contributed by atoms with Gasteiger partial charge in [0.15, 0.2) is 11.5 Å². The van der Waals surface area contributed by atoms with Gasteiger partial charge in [-0.15, -0.1) is 0 Å². The third-order valence-corrected chi connectivity index (χ3v) is 2.15. The Labute approximate surface area is 88.3 Å². The Hall–Kier alpha value is -1.77. The van der Waals surface area contributed by atoms with Crippen LogP contribution < -0.4 is 9.47 Å². The highest BCUT2D eigenvalue weighted by Gasteiger charge is 2.10. The monoisotopic (exact) mass is 204 g/mol. The molecule has 1 heterocycles. The van der Waals surface area contributed by atoms with E-state index in [-0.39, 0.29) is 0 Å². The molecule has 0 fully saturated rings. The average molecular weight is 204 g/mol. The molecule has 0 N–H and O–H groups in total. The van der Waals surface area contributed by atoms with Gasteiger partial charge >= 0.3 is 0 Å². The van der Waals surface area contributed by atoms with E-state index in [1.54, 1.807) is 6.92 Å². The number of benzene rings is 1. The van der Waals surface area contributed by atoms with Crippen molar-refractivity contribution < 1.29 is 14.3 Å². The lowest BCUT2D eigenvalue weighted by Crippen LogP contribution is -2.15. The van der Waals surface area contributed by atoms with Crippen LogP contribution in [0.2, 0.25) is 0 Å². The molecule has 3 heteroatoms. The first kappa shape index (κ1) is 9.77. The third-order valence-electron chi connectivity index (χ3n) is 2.15. The summed E-state index contributed by atoms with van der Waals surface area (Å²) in [6.07, 6.45) is 2.64. The molecule has 0 aliphatic carbocycles. The fourth-order valence-electron chi connectivity index (χ4n) is 1.45. The normalized spacial score (nSPS) is 14.9. The van der Waals surface area contributed by atoms with E-state index in [1.165, 1.54) is 0 Å². The number of carbonyl (C=O) groups is 1. The van der Waals surface area contributed by atoms with E-state index in [2.05, 4.69) is 0 Å². The molecule has 1 aliphatic heterocycles. The minimum Gasteiger partial charge on any atom is -0.486 e. The lowest BCUT2D eigenvalue weighted by atomic mass is 10.1. The molecule has 0 saturated heterocycles. The van der Waals surface area contributed by atoms with Gasteiger partial charge < -0.3 is 9.47 Å². The van der Waals surface area contributed by atoms with Crippen LogP contribution in [-0.4, -0.2) is 19.5 Å². The van der Waals surface area contributed by atoms with Crippen molar-refractivity contribution in [3.63, 3.8) is 0 Å². The maximum Gasteiger partial charge on any atom is 0.161 e. The van der Waals surface area contributed by atoms with Crippen LogP contribution in [0.3, 0.4) is 0 Å². The Morgan fingerprint density at radius 3 is 2.73 bits per heavy atom. The first-order valence-corrected chi connectivity index (χ1v) is 4.83. The van der Waals surface area contributed by atoms with Crippen LogP contribution in [0.15, 0.2) is 23.8 Å². The largest absolute Gasteiger partial charge is 0.486 e. The Balaban J connectivity index is 2.32. The van der Waals surface area contributed by atoms with Gasteiger partial charge in [-0.3, -0.25) is 4.79 Å². The second-order valence-electron chi connectivity index (χ2n) is 3.41. The van der Waals surface area contributed by atoms with Gasteiger partial charge in [0.2, 0.25) is 0 Å². The van der Waals surface area contributed by atoms with Gasteiger partial charge in [-0.2, -0.15) is 0 Å². The number of allylic oxidation sites excluding steroid dienone is 1. The molecule has 0 saturated carbocycles. The van der Waals surface area contributed by atoms with Crippen LogP contribution in [0.25, 0.3) is 6.08 Å². The molecule has 78 valence electrons. The SMILES string of the molecule is CC(C=O)=Cc1ccc2c(c1)OCCO2. The molecular weight excluding hydrogens is 192 g/mol. The minimum atomic E-state index is 0.576. The van der Waals surface area contributed by atoms with E-state index in [0.717, 1.165) is 23.3 Å². The van der Waals surface area contributed by atoms with Crippen LogP contribution in [0.4, 0.5) is 0 Å². The highest BCUT2D eigenvalue weighted by atomic mass is 16.6. The molecule has 0 bridgehead atoms. The van der Waals surface area contributed by atoms with Gasteiger partial charge in [-0.05, 0) is 36.3 Å². The van der Waals surface area contributed by atoms with Gasteiger partial charge in [0.05, 0.1) is 0 Å². The number of rotatable bonds is 2. The molecule has 0 spiro atoms. The van der Waals surface area contributed by atoms with Crippen molar-refractivity contribution in [2.75, 3.05) is 13.2 Å². The van der Waals surface area contributed by atoms with Crippen molar-refractivity contribution in [1.82, 2.24) is 0 Å². The maximum absolute atomic E-state index is 10.5. The van der Waals surface area contributed by atoms with Gasteiger partial charge in [-0.1, -0.05) is 6.07 Å². The Morgan fingerprint density at radius 2 is 2.00 bits per heavy atom. The number of aldehydes is 1. The summed E-state index contributed by atoms with van der Waals surface area (Å²) in [5.74, 6) is 1.51. The molecule has 1 aromatic rings. The van der Waals surface area contributed by atoms with E-state index < -0.39 is 0 Å². The molecular formula is C12H12O3. The van der Waals surface area contributed by atoms with Crippen molar-refractivity contribution in [3.05, 3.63) is 29.3 Å². The van der Waals surface area contributed by atoms with Crippen molar-refractivity contribution in [3.8, 4) is 11.5 Å². The van der Waals surface area contributed by atoms with Gasteiger partial charge in [0, 0.05) is 0 Å². The summed E-state index contributed by atoms with van der Waals surface area (Å²) in [4.78, 5) is 10.5. The zero-order chi connectivity index (χ0) is 10.7. The summed E-state index contributed by atoms with van der Waals surface area (Å²) < 4.78 is 10.8. The summed E-state index contributed by atoms with van der Waals surface area (Å²) in [6.45, 7) is 2.94. The van der Waals surface area contributed by atoms with Crippen molar-refractivity contribution in [2.45, 2.75) is 6.92 Å². The van der Waals surface area contributed by atoms with Crippen LogP contribution >= 0.6 is 0 Å². The highest BCUT2D eigenvalue weighted by molar-refractivity contribution is 5.81. The summed E-state index contributed by atoms with van der Waals surface area (Å²) in [5, 5.41) is 0. The van der Waals surface area contributed by atoms with E-state index in [0.29, 0.717) is 18.8 Å². The number of fused-ring (bicyclic) bond motifs is 1. The van der Waals surface area contributed by atoms with Gasteiger partial charge in [-0.25, -0.2) is 0 Å². The lowest BCUT2D eigenvalue weighted by Gasteiger charge is -2.18. The fourth-order valence-corrected chi connectivity index (χ4v) is 1.45. The Morgan fingerprint density at radius 1 is 1.27 bits per heavy atom. The standard InChI is InChI=1S/C12H12O3/c1-9(8-13)6-10-2-3-11-12(7-10)15-5-4-14-11/h2-3,6-8H,4-5H2,1H3. The second-order valence-corrected chi connectivity index (χ2v) is 3.41. The molecule has 0 amide bonds. The van der Waals surface area contributed by atoms with Crippen LogP contribution in [0, 0.1) is 0 Å². The predicted octanol–water partition coefficient (Wildman–Crippen LogP) is 2.06. The predicted molar refractivity (Wildman–Crippen MR) is 57.1 cm³/mol. The summed E-state index contributed by atoms with van der Waals surface area (Å²) >= 11 is 0. The van der Waals surface area contributed by atoms with Crippen molar-refractivity contribution in [1.29, 1.82) is 0 Å². The highest BCUT2D eigenvalue weighted by Crippen LogP contribution is 2.31. The summed E-state index contributed by atoms with van der Waals surface area (Å²) in [6, 6.07) is 5.64. The number of hydrogen-bond acceptors (Lipinski definition) is 3. The maximum atomic E-state index is 10.5. The summed E-state index contributed by atoms with van der Waals surface area (Å²) in [5.41, 5.74) is 1.63. The van der Waals surface area contributed by atoms with Gasteiger partial charge in [0.1, 0.15) is 19.5 Å². The van der Waals surface area contributed by atoms with Crippen molar-refractivity contribution >= 4 is 12.4 Å². The smallest absolute Gasteiger partial charge is 0.161 e. The molecule has 0 radical (unpaired) electrons. The first-order valence-electron chi connectivity index (χ1n) is 4.83. The third kappa shape index (κ3) is 2.18. The van der Waals surface area contributed by atoms with E-state index in [1.807, 2.05) is 24.3 Å². The molecule has 0 atom stereocenters. The van der Waals surface area contributed by atoms with E-state index in [9.17, 15) is 4.79 Å². The number of hydrogen-bond donors (Lipinski definition) is 0. The zero-order valence-electron chi connectivity index (χ0n) is 8.53. The summed E-state index contributed by atoms with van der Waals surface area (Å²) in [7, 11) is 0. The topological polar surface area (TPSA) is 35.5 Å². The minimum absolute atomic E-state index is 0.576. The van der Waals surface area contributed by atoms with Crippen LogP contribution in [-0.2, 0) is 4.79 Å². The van der Waals surface area contributed by atoms with E-state index in [4.69, 9.17) is 9.47 Å². The molecule has 1 aliphatic rings. The van der Waals surface area contributed by atoms with Crippen LogP contribution in [0.5, 0.6) is 11.5 Å². The second kappa shape index (κ2) is 4.17. The lowest BCUT2D eigenvalue weighted by molar-refractivity contribution is -0.104. The quantitative estimate of drug-likeness (QED) is 0.546. The molecule has 3 nitrogen and oxygen atoms in total. The Bertz CT molecular complexity index is 407. The van der Waals surface area contributed by atoms with E-state index >= 15 is 0 Å². The molecule has 0 unspecified atom stereocenters. The number of ether oxygens (including phenoxy) is 2. The van der Waals surface area contributed by atoms with Crippen LogP contribution in [0.1, 0.15) is 12.5 Å².